The molecule has 1 fully saturated rings. The molecule has 1 heterocycles. The van der Waals surface area contributed by atoms with Crippen molar-refractivity contribution >= 4 is 28.4 Å². The first-order chi connectivity index (χ1) is 10.9. The fraction of sp³-hybridized carbons (Fsp3) is 0.412. The number of allylic oxidation sites excluding steroid dienone is 1. The molecule has 1 N–H and O–H groups in total. The zero-order valence-corrected chi connectivity index (χ0v) is 13.9. The van der Waals surface area contributed by atoms with Crippen LogP contribution in [0.1, 0.15) is 28.9 Å². The first kappa shape index (κ1) is 16.0. The Hall–Kier alpha value is -1.88. The molecule has 1 aromatic heterocycles. The molecule has 0 radical (unpaired) electrons. The van der Waals surface area contributed by atoms with E-state index in [1.54, 1.807) is 11.7 Å². The van der Waals surface area contributed by atoms with Gasteiger partial charge in [-0.2, -0.15) is 5.10 Å². The van der Waals surface area contributed by atoms with Crippen molar-refractivity contribution in [1.82, 2.24) is 15.1 Å². The number of halogens is 2. The van der Waals surface area contributed by atoms with Crippen LogP contribution in [-0.4, -0.2) is 33.3 Å². The second kappa shape index (κ2) is 5.96. The molecule has 3 unspecified atom stereocenters. The number of carbonyl (C=O) groups excluding carboxylic acids is 1. The van der Waals surface area contributed by atoms with Crippen molar-refractivity contribution in [2.24, 2.45) is 7.05 Å². The number of aromatic nitrogens is 2. The Kier molecular flexibility index (Phi) is 4.15. The van der Waals surface area contributed by atoms with Crippen LogP contribution < -0.4 is 5.32 Å². The number of carbonyl (C=O) groups is 1. The van der Waals surface area contributed by atoms with Crippen LogP contribution in [0, 0.1) is 6.92 Å². The normalized spacial score (nSPS) is 24.9. The smallest absolute Gasteiger partial charge is 0.272 e. The van der Waals surface area contributed by atoms with Gasteiger partial charge in [0.1, 0.15) is 6.17 Å². The second-order valence-corrected chi connectivity index (χ2v) is 6.71. The largest absolute Gasteiger partial charge is 0.346 e. The maximum absolute atomic E-state index is 13.8. The van der Waals surface area contributed by atoms with Crippen molar-refractivity contribution in [2.75, 3.05) is 0 Å². The van der Waals surface area contributed by atoms with Crippen LogP contribution in [0.5, 0.6) is 0 Å². The maximum Gasteiger partial charge on any atom is 0.272 e. The van der Waals surface area contributed by atoms with Gasteiger partial charge in [-0.1, -0.05) is 18.2 Å². The van der Waals surface area contributed by atoms with Crippen molar-refractivity contribution in [3.05, 3.63) is 41.6 Å². The highest BCUT2D eigenvalue weighted by Crippen LogP contribution is 2.29. The number of amides is 1. The molecule has 0 spiro atoms. The van der Waals surface area contributed by atoms with Gasteiger partial charge in [-0.05, 0) is 31.1 Å². The van der Waals surface area contributed by atoms with E-state index in [2.05, 4.69) is 17.0 Å². The number of alkyl halides is 2. The third-order valence-electron chi connectivity index (χ3n) is 4.34. The highest BCUT2D eigenvalue weighted by Gasteiger charge is 2.33. The summed E-state index contributed by atoms with van der Waals surface area (Å²) in [6.07, 6.45) is -0.601. The number of hydrogen-bond donors (Lipinski definition) is 1. The fourth-order valence-electron chi connectivity index (χ4n) is 2.99. The molecule has 122 valence electrons. The van der Waals surface area contributed by atoms with E-state index in [0.29, 0.717) is 17.7 Å². The topological polar surface area (TPSA) is 46.9 Å². The summed E-state index contributed by atoms with van der Waals surface area (Å²) in [7, 11) is 1.79. The maximum atomic E-state index is 13.8. The van der Waals surface area contributed by atoms with E-state index in [-0.39, 0.29) is 17.7 Å². The van der Waals surface area contributed by atoms with E-state index in [4.69, 9.17) is 11.6 Å². The third kappa shape index (κ3) is 2.98. The number of rotatable bonds is 2. The summed E-state index contributed by atoms with van der Waals surface area (Å²) in [4.78, 5) is 12.6. The SMILES string of the molecule is C=C1CC(Cl)C(NC(=O)c2nn(C)c3ccc(C)cc23)CC1F. The molecule has 23 heavy (non-hydrogen) atoms. The lowest BCUT2D eigenvalue weighted by Crippen LogP contribution is -2.46. The Bertz CT molecular complexity index is 785. The monoisotopic (exact) mass is 335 g/mol. The zero-order valence-electron chi connectivity index (χ0n) is 13.1. The number of nitrogens with zero attached hydrogens (tertiary/aromatic N) is 2. The fourth-order valence-corrected chi connectivity index (χ4v) is 3.36. The molecular formula is C17H19ClFN3O. The Labute approximate surface area is 139 Å². The minimum Gasteiger partial charge on any atom is -0.346 e. The molecule has 6 heteroatoms. The average Bonchev–Trinajstić information content (AvgIpc) is 2.81. The Balaban J connectivity index is 1.86. The summed E-state index contributed by atoms with van der Waals surface area (Å²) in [6, 6.07) is 5.41. The van der Waals surface area contributed by atoms with Crippen LogP contribution in [0.25, 0.3) is 10.9 Å². The predicted octanol–water partition coefficient (Wildman–Crippen LogP) is 3.28. The number of nitrogens with one attached hydrogen (secondary N) is 1. The number of fused-ring (bicyclic) bond motifs is 1. The molecule has 1 saturated carbocycles. The van der Waals surface area contributed by atoms with Crippen molar-refractivity contribution < 1.29 is 9.18 Å². The standard InChI is InChI=1S/C17H19ClFN3O/c1-9-4-5-15-11(6-9)16(21-22(15)3)17(23)20-14-8-13(19)10(2)7-12(14)18/h4-6,12-14H,2,7-8H2,1,3H3,(H,20,23). The Morgan fingerprint density at radius 1 is 1.52 bits per heavy atom. The predicted molar refractivity (Wildman–Crippen MR) is 89.6 cm³/mol. The van der Waals surface area contributed by atoms with Gasteiger partial charge in [0.05, 0.1) is 10.9 Å². The minimum atomic E-state index is -1.13. The summed E-state index contributed by atoms with van der Waals surface area (Å²) in [5.74, 6) is -0.323. The third-order valence-corrected chi connectivity index (χ3v) is 4.79. The molecule has 1 aliphatic rings. The molecule has 1 aromatic carbocycles. The van der Waals surface area contributed by atoms with E-state index < -0.39 is 12.2 Å². The molecule has 3 atom stereocenters. The first-order valence-corrected chi connectivity index (χ1v) is 8.00. The highest BCUT2D eigenvalue weighted by molar-refractivity contribution is 6.21. The van der Waals surface area contributed by atoms with Gasteiger partial charge in [0.15, 0.2) is 5.69 Å². The van der Waals surface area contributed by atoms with Gasteiger partial charge < -0.3 is 5.32 Å². The van der Waals surface area contributed by atoms with Crippen LogP contribution in [0.15, 0.2) is 30.4 Å². The van der Waals surface area contributed by atoms with Gasteiger partial charge in [0.2, 0.25) is 0 Å². The molecule has 3 rings (SSSR count). The number of hydrogen-bond acceptors (Lipinski definition) is 2. The van der Waals surface area contributed by atoms with Crippen LogP contribution >= 0.6 is 11.6 Å². The highest BCUT2D eigenvalue weighted by atomic mass is 35.5. The van der Waals surface area contributed by atoms with Gasteiger partial charge in [0, 0.05) is 24.9 Å². The van der Waals surface area contributed by atoms with Crippen LogP contribution in [0.2, 0.25) is 0 Å². The summed E-state index contributed by atoms with van der Waals surface area (Å²) in [6.45, 7) is 5.65. The summed E-state index contributed by atoms with van der Waals surface area (Å²) in [5.41, 5.74) is 2.76. The average molecular weight is 336 g/mol. The van der Waals surface area contributed by atoms with Gasteiger partial charge in [-0.15, -0.1) is 11.6 Å². The zero-order chi connectivity index (χ0) is 16.7. The molecule has 1 aliphatic carbocycles. The summed E-state index contributed by atoms with van der Waals surface area (Å²) in [5, 5.41) is 7.57. The van der Waals surface area contributed by atoms with Gasteiger partial charge >= 0.3 is 0 Å². The van der Waals surface area contributed by atoms with Crippen LogP contribution in [0.4, 0.5) is 4.39 Å². The van der Waals surface area contributed by atoms with Crippen LogP contribution in [-0.2, 0) is 7.05 Å². The van der Waals surface area contributed by atoms with Crippen molar-refractivity contribution in [2.45, 2.75) is 37.4 Å². The lowest BCUT2D eigenvalue weighted by Gasteiger charge is -2.31. The quantitative estimate of drug-likeness (QED) is 0.676. The second-order valence-electron chi connectivity index (χ2n) is 6.15. The Morgan fingerprint density at radius 2 is 2.26 bits per heavy atom. The summed E-state index contributed by atoms with van der Waals surface area (Å²) >= 11 is 6.26. The van der Waals surface area contributed by atoms with Crippen LogP contribution in [0.3, 0.4) is 0 Å². The number of aryl methyl sites for hydroxylation is 2. The Morgan fingerprint density at radius 3 is 3.00 bits per heavy atom. The number of benzene rings is 1. The molecule has 4 nitrogen and oxygen atoms in total. The lowest BCUT2D eigenvalue weighted by atomic mass is 9.89. The van der Waals surface area contributed by atoms with Crippen molar-refractivity contribution in [3.63, 3.8) is 0 Å². The molecule has 2 aromatic rings. The van der Waals surface area contributed by atoms with Gasteiger partial charge in [-0.3, -0.25) is 9.48 Å². The first-order valence-electron chi connectivity index (χ1n) is 7.57. The minimum absolute atomic E-state index is 0.155. The van der Waals surface area contributed by atoms with Crippen molar-refractivity contribution in [1.29, 1.82) is 0 Å². The van der Waals surface area contributed by atoms with Gasteiger partial charge in [0.25, 0.3) is 5.91 Å². The molecule has 1 amide bonds. The van der Waals surface area contributed by atoms with Gasteiger partial charge in [-0.25, -0.2) is 4.39 Å². The van der Waals surface area contributed by atoms with E-state index in [9.17, 15) is 9.18 Å². The van der Waals surface area contributed by atoms with E-state index in [0.717, 1.165) is 16.5 Å². The summed E-state index contributed by atoms with van der Waals surface area (Å²) < 4.78 is 15.5. The molecule has 0 bridgehead atoms. The molecular weight excluding hydrogens is 317 g/mol. The van der Waals surface area contributed by atoms with Crippen molar-refractivity contribution in [3.8, 4) is 0 Å². The molecule has 0 aliphatic heterocycles. The molecule has 0 saturated heterocycles. The van der Waals surface area contributed by atoms with E-state index >= 15 is 0 Å². The van der Waals surface area contributed by atoms with E-state index in [1.165, 1.54) is 0 Å². The van der Waals surface area contributed by atoms with E-state index in [1.807, 2.05) is 25.1 Å². The lowest BCUT2D eigenvalue weighted by molar-refractivity contribution is 0.0919.